The monoisotopic (exact) mass is 578 g/mol. The minimum atomic E-state index is -5.24. The van der Waals surface area contributed by atoms with Crippen molar-refractivity contribution in [3.05, 3.63) is 87.3 Å². The molecule has 8 nitrogen and oxygen atoms in total. The Hall–Kier alpha value is -4.23. The number of alkyl halides is 3. The highest BCUT2D eigenvalue weighted by molar-refractivity contribution is 6.31. The van der Waals surface area contributed by atoms with E-state index in [-0.39, 0.29) is 50.1 Å². The third kappa shape index (κ3) is 3.79. The molecule has 3 amide bonds. The van der Waals surface area contributed by atoms with E-state index in [1.165, 1.54) is 19.1 Å². The number of oxazole rings is 1. The fraction of sp³-hybridized carbons (Fsp3) is 0.192. The third-order valence-electron chi connectivity index (χ3n) is 6.93. The first kappa shape index (κ1) is 26.0. The van der Waals surface area contributed by atoms with E-state index >= 15 is 0 Å². The van der Waals surface area contributed by atoms with Gasteiger partial charge in [-0.25, -0.2) is 18.6 Å². The maximum atomic E-state index is 14.2. The van der Waals surface area contributed by atoms with Gasteiger partial charge in [0.25, 0.3) is 5.91 Å². The van der Waals surface area contributed by atoms with Crippen LogP contribution in [-0.4, -0.2) is 34.7 Å². The summed E-state index contributed by atoms with van der Waals surface area (Å²) < 4.78 is 75.3. The number of aromatic nitrogens is 1. The summed E-state index contributed by atoms with van der Waals surface area (Å²) in [5.41, 5.74) is -4.34. The third-order valence-corrected chi connectivity index (χ3v) is 7.27. The molecule has 40 heavy (non-hydrogen) atoms. The molecule has 0 fully saturated rings. The minimum Gasteiger partial charge on any atom is -0.440 e. The molecule has 3 heterocycles. The first-order valence-corrected chi connectivity index (χ1v) is 12.0. The van der Waals surface area contributed by atoms with Gasteiger partial charge >= 0.3 is 12.2 Å². The van der Waals surface area contributed by atoms with E-state index in [1.807, 2.05) is 0 Å². The number of aryl methyl sites for hydroxylation is 1. The number of amides is 3. The summed E-state index contributed by atoms with van der Waals surface area (Å²) in [5.74, 6) is -2.15. The zero-order valence-electron chi connectivity index (χ0n) is 20.2. The maximum Gasteiger partial charge on any atom is 0.423 e. The predicted octanol–water partition coefficient (Wildman–Crippen LogP) is 5.70. The molecule has 2 aliphatic rings. The Kier molecular flexibility index (Phi) is 5.62. The van der Waals surface area contributed by atoms with Gasteiger partial charge in [-0.1, -0.05) is 11.6 Å². The van der Waals surface area contributed by atoms with Crippen LogP contribution in [0, 0.1) is 18.6 Å². The van der Waals surface area contributed by atoms with Crippen molar-refractivity contribution in [2.24, 2.45) is 0 Å². The topological polar surface area (TPSA) is 108 Å². The molecule has 0 saturated heterocycles. The van der Waals surface area contributed by atoms with Gasteiger partial charge in [-0.3, -0.25) is 9.69 Å². The number of nitrogens with zero attached hydrogens (tertiary/aromatic N) is 2. The van der Waals surface area contributed by atoms with Crippen molar-refractivity contribution in [3.8, 4) is 0 Å². The molecule has 6 rings (SSSR count). The number of halogens is 6. The molecule has 4 aromatic rings. The van der Waals surface area contributed by atoms with Crippen molar-refractivity contribution < 1.29 is 41.1 Å². The predicted molar refractivity (Wildman–Crippen MR) is 132 cm³/mol. The summed E-state index contributed by atoms with van der Waals surface area (Å²) in [6, 6.07) is 4.95. The van der Waals surface area contributed by atoms with Gasteiger partial charge in [-0.2, -0.15) is 13.2 Å². The molecule has 14 heteroatoms. The number of anilines is 2. The first-order valence-electron chi connectivity index (χ1n) is 11.7. The number of aliphatic hydroxyl groups is 1. The lowest BCUT2D eigenvalue weighted by molar-refractivity contribution is -0.258. The summed E-state index contributed by atoms with van der Waals surface area (Å²) in [6.45, 7) is 0.266. The van der Waals surface area contributed by atoms with Crippen LogP contribution in [-0.2, 0) is 5.60 Å². The first-order chi connectivity index (χ1) is 18.8. The van der Waals surface area contributed by atoms with Crippen molar-refractivity contribution in [1.82, 2.24) is 10.3 Å². The fourth-order valence-electron chi connectivity index (χ4n) is 5.15. The van der Waals surface area contributed by atoms with E-state index in [4.69, 9.17) is 16.0 Å². The fourth-order valence-corrected chi connectivity index (χ4v) is 5.37. The van der Waals surface area contributed by atoms with Gasteiger partial charge in [0, 0.05) is 28.6 Å². The average molecular weight is 579 g/mol. The Balaban J connectivity index is 1.48. The highest BCUT2D eigenvalue weighted by atomic mass is 35.5. The normalized spacial score (nSPS) is 20.1. The molecule has 1 aromatic heterocycles. The molecule has 2 atom stereocenters. The number of fused-ring (bicyclic) bond motifs is 4. The lowest BCUT2D eigenvalue weighted by Gasteiger charge is -2.27. The standard InChI is InChI=1S/C26H16ClF5N4O4/c1-10-33-17-8-16(19-20(22(17)40-10)23(37)35-21(19)13-6-11(28)2-4-15(13)27)34-24(38)36-9-25(39,26(30,31)32)14-7-12(29)3-5-18(14)36/h2-8,21,39H,9H2,1H3,(H,34,38)(H,35,37). The summed E-state index contributed by atoms with van der Waals surface area (Å²) in [5, 5.41) is 15.8. The molecule has 0 spiro atoms. The van der Waals surface area contributed by atoms with Gasteiger partial charge in [0.15, 0.2) is 11.5 Å². The van der Waals surface area contributed by atoms with Gasteiger partial charge in [0.05, 0.1) is 29.5 Å². The van der Waals surface area contributed by atoms with Gasteiger partial charge in [-0.05, 0) is 42.5 Å². The number of hydrogen-bond donors (Lipinski definition) is 3. The van der Waals surface area contributed by atoms with E-state index in [9.17, 15) is 36.6 Å². The van der Waals surface area contributed by atoms with Crippen LogP contribution in [0.2, 0.25) is 5.02 Å². The molecule has 206 valence electrons. The lowest BCUT2D eigenvalue weighted by Crippen LogP contribution is -2.48. The van der Waals surface area contributed by atoms with E-state index in [0.717, 1.165) is 24.3 Å². The number of β-amino-alcohol motifs (C(OH)–C–C–N with tert-alkyl or cyclic N) is 1. The molecule has 0 radical (unpaired) electrons. The largest absolute Gasteiger partial charge is 0.440 e. The van der Waals surface area contributed by atoms with Crippen molar-refractivity contribution in [2.45, 2.75) is 24.7 Å². The molecular weight excluding hydrogens is 563 g/mol. The van der Waals surface area contributed by atoms with E-state index in [0.29, 0.717) is 11.0 Å². The summed E-state index contributed by atoms with van der Waals surface area (Å²) in [7, 11) is 0. The SMILES string of the molecule is Cc1nc2cc(NC(=O)N3CC(O)(C(F)(F)F)c4cc(F)ccc43)c3c(c2o1)C(=O)NC3c1cc(F)ccc1Cl. The van der Waals surface area contributed by atoms with Gasteiger partial charge in [0.2, 0.25) is 5.60 Å². The zero-order chi connectivity index (χ0) is 28.7. The van der Waals surface area contributed by atoms with Crippen LogP contribution in [0.5, 0.6) is 0 Å². The number of hydrogen-bond acceptors (Lipinski definition) is 5. The highest BCUT2D eigenvalue weighted by Crippen LogP contribution is 2.49. The molecule has 0 saturated carbocycles. The summed E-state index contributed by atoms with van der Waals surface area (Å²) in [4.78, 5) is 31.4. The zero-order valence-corrected chi connectivity index (χ0v) is 20.9. The second kappa shape index (κ2) is 8.63. The number of carbonyl (C=O) groups is 2. The Morgan fingerprint density at radius 3 is 2.62 bits per heavy atom. The second-order valence-electron chi connectivity index (χ2n) is 9.40. The summed E-state index contributed by atoms with van der Waals surface area (Å²) in [6.07, 6.45) is -5.24. The van der Waals surface area contributed by atoms with Crippen LogP contribution < -0.4 is 15.5 Å². The smallest absolute Gasteiger partial charge is 0.423 e. The average Bonchev–Trinajstić information content (AvgIpc) is 3.51. The number of carbonyl (C=O) groups excluding carboxylic acids is 2. The van der Waals surface area contributed by atoms with Crippen LogP contribution in [0.4, 0.5) is 38.1 Å². The molecule has 3 N–H and O–H groups in total. The highest BCUT2D eigenvalue weighted by Gasteiger charge is 2.61. The Labute approximate surface area is 226 Å². The van der Waals surface area contributed by atoms with Gasteiger partial charge in [-0.15, -0.1) is 0 Å². The second-order valence-corrected chi connectivity index (χ2v) is 9.81. The number of nitrogens with one attached hydrogen (secondary N) is 2. The van der Waals surface area contributed by atoms with Crippen molar-refractivity contribution in [2.75, 3.05) is 16.8 Å². The number of benzene rings is 3. The molecular formula is C26H16ClF5N4O4. The Morgan fingerprint density at radius 2 is 1.90 bits per heavy atom. The molecule has 0 aliphatic carbocycles. The Bertz CT molecular complexity index is 1760. The van der Waals surface area contributed by atoms with Crippen LogP contribution in [0.1, 0.15) is 39.0 Å². The molecule has 0 bridgehead atoms. The maximum absolute atomic E-state index is 14.2. The molecule has 3 aromatic carbocycles. The van der Waals surface area contributed by atoms with Crippen molar-refractivity contribution in [3.63, 3.8) is 0 Å². The van der Waals surface area contributed by atoms with Gasteiger partial charge < -0.3 is 20.2 Å². The van der Waals surface area contributed by atoms with Crippen molar-refractivity contribution in [1.29, 1.82) is 0 Å². The van der Waals surface area contributed by atoms with Crippen LogP contribution in [0.25, 0.3) is 11.1 Å². The lowest BCUT2D eigenvalue weighted by atomic mass is 9.95. The minimum absolute atomic E-state index is 0.0329. The Morgan fingerprint density at radius 1 is 1.20 bits per heavy atom. The van der Waals surface area contributed by atoms with Crippen LogP contribution in [0.3, 0.4) is 0 Å². The van der Waals surface area contributed by atoms with E-state index < -0.39 is 53.5 Å². The van der Waals surface area contributed by atoms with Gasteiger partial charge in [0.1, 0.15) is 17.2 Å². The van der Waals surface area contributed by atoms with Crippen LogP contribution in [0.15, 0.2) is 46.9 Å². The number of rotatable bonds is 2. The summed E-state index contributed by atoms with van der Waals surface area (Å²) >= 11 is 6.30. The quantitative estimate of drug-likeness (QED) is 0.264. The van der Waals surface area contributed by atoms with Crippen molar-refractivity contribution >= 4 is 46.0 Å². The van der Waals surface area contributed by atoms with Crippen LogP contribution >= 0.6 is 11.6 Å². The van der Waals surface area contributed by atoms with E-state index in [1.54, 1.807) is 0 Å². The number of urea groups is 1. The van der Waals surface area contributed by atoms with E-state index in [2.05, 4.69) is 15.6 Å². The molecule has 2 unspecified atom stereocenters. The molecule has 2 aliphatic heterocycles.